The quantitative estimate of drug-likeness (QED) is 0.667. The lowest BCUT2D eigenvalue weighted by molar-refractivity contribution is -0.380. The summed E-state index contributed by atoms with van der Waals surface area (Å²) < 4.78 is 0. The summed E-state index contributed by atoms with van der Waals surface area (Å²) in [6.45, 7) is 4.83. The summed E-state index contributed by atoms with van der Waals surface area (Å²) in [6.07, 6.45) is 0. The van der Waals surface area contributed by atoms with Crippen LogP contribution in [0.1, 0.15) is 29.7 Å². The molecule has 0 saturated carbocycles. The highest BCUT2D eigenvalue weighted by Crippen LogP contribution is 2.23. The van der Waals surface area contributed by atoms with E-state index in [9.17, 15) is 10.1 Å². The molecule has 5 heteroatoms. The van der Waals surface area contributed by atoms with Crippen molar-refractivity contribution in [2.45, 2.75) is 26.4 Å². The second-order valence-corrected chi connectivity index (χ2v) is 5.40. The summed E-state index contributed by atoms with van der Waals surface area (Å²) in [5.74, 6) is 0. The normalized spacial score (nSPS) is 12.3. The van der Waals surface area contributed by atoms with Crippen LogP contribution in [-0.2, 0) is 6.54 Å². The van der Waals surface area contributed by atoms with Gasteiger partial charge in [-0.25, -0.2) is 0 Å². The van der Waals surface area contributed by atoms with Gasteiger partial charge in [-0.1, -0.05) is 35.6 Å². The Kier molecular flexibility index (Phi) is 4.29. The van der Waals surface area contributed by atoms with Crippen LogP contribution >= 0.6 is 11.3 Å². The van der Waals surface area contributed by atoms with Crippen LogP contribution in [0.25, 0.3) is 0 Å². The van der Waals surface area contributed by atoms with Gasteiger partial charge in [0, 0.05) is 24.0 Å². The van der Waals surface area contributed by atoms with E-state index < -0.39 is 0 Å². The molecule has 0 fully saturated rings. The fraction of sp³-hybridized carbons (Fsp3) is 0.286. The Balaban J connectivity index is 1.98. The van der Waals surface area contributed by atoms with Gasteiger partial charge in [0.2, 0.25) is 0 Å². The third-order valence-electron chi connectivity index (χ3n) is 3.09. The molecule has 1 N–H and O–H groups in total. The SMILES string of the molecule is Cc1ccccc1[C@H](C)NCc1csc([N+](=O)[O-])c1. The molecule has 2 aromatic rings. The van der Waals surface area contributed by atoms with E-state index in [0.717, 1.165) is 5.56 Å². The molecule has 0 bridgehead atoms. The Morgan fingerprint density at radius 1 is 1.42 bits per heavy atom. The van der Waals surface area contributed by atoms with Crippen LogP contribution < -0.4 is 5.32 Å². The number of rotatable bonds is 5. The van der Waals surface area contributed by atoms with E-state index in [1.165, 1.54) is 22.5 Å². The molecule has 0 spiro atoms. The maximum absolute atomic E-state index is 10.6. The molecule has 0 amide bonds. The number of benzene rings is 1. The predicted molar refractivity (Wildman–Crippen MR) is 77.4 cm³/mol. The Morgan fingerprint density at radius 2 is 2.16 bits per heavy atom. The minimum absolute atomic E-state index is 0.195. The van der Waals surface area contributed by atoms with Gasteiger partial charge in [-0.15, -0.1) is 0 Å². The molecule has 0 saturated heterocycles. The van der Waals surface area contributed by atoms with Crippen LogP contribution in [0.5, 0.6) is 0 Å². The summed E-state index contributed by atoms with van der Waals surface area (Å²) in [4.78, 5) is 10.3. The fourth-order valence-corrected chi connectivity index (χ4v) is 2.73. The molecule has 19 heavy (non-hydrogen) atoms. The Hall–Kier alpha value is -1.72. The van der Waals surface area contributed by atoms with Crippen LogP contribution in [0.15, 0.2) is 35.7 Å². The zero-order valence-corrected chi connectivity index (χ0v) is 11.7. The van der Waals surface area contributed by atoms with Crippen LogP contribution in [0.3, 0.4) is 0 Å². The van der Waals surface area contributed by atoms with E-state index in [1.807, 2.05) is 17.5 Å². The minimum atomic E-state index is -0.348. The number of hydrogen-bond donors (Lipinski definition) is 1. The van der Waals surface area contributed by atoms with E-state index in [1.54, 1.807) is 6.07 Å². The van der Waals surface area contributed by atoms with Crippen LogP contribution in [-0.4, -0.2) is 4.92 Å². The highest BCUT2D eigenvalue weighted by molar-refractivity contribution is 7.13. The maximum atomic E-state index is 10.6. The lowest BCUT2D eigenvalue weighted by Gasteiger charge is -2.15. The number of aryl methyl sites for hydroxylation is 1. The first-order chi connectivity index (χ1) is 9.08. The average molecular weight is 276 g/mol. The third kappa shape index (κ3) is 3.39. The molecule has 1 aromatic heterocycles. The van der Waals surface area contributed by atoms with E-state index >= 15 is 0 Å². The molecule has 0 radical (unpaired) electrons. The van der Waals surface area contributed by atoms with Gasteiger partial charge in [-0.3, -0.25) is 10.1 Å². The van der Waals surface area contributed by atoms with Crippen molar-refractivity contribution < 1.29 is 4.92 Å². The van der Waals surface area contributed by atoms with Gasteiger partial charge in [0.25, 0.3) is 0 Å². The highest BCUT2D eigenvalue weighted by atomic mass is 32.1. The molecule has 4 nitrogen and oxygen atoms in total. The minimum Gasteiger partial charge on any atom is -0.306 e. The largest absolute Gasteiger partial charge is 0.324 e. The average Bonchev–Trinajstić information content (AvgIpc) is 2.85. The van der Waals surface area contributed by atoms with Crippen molar-refractivity contribution in [2.24, 2.45) is 0 Å². The second-order valence-electron chi connectivity index (χ2n) is 4.51. The van der Waals surface area contributed by atoms with E-state index in [4.69, 9.17) is 0 Å². The highest BCUT2D eigenvalue weighted by Gasteiger charge is 2.11. The molecule has 1 atom stereocenters. The second kappa shape index (κ2) is 5.95. The van der Waals surface area contributed by atoms with Gasteiger partial charge in [0.15, 0.2) is 0 Å². The first kappa shape index (κ1) is 13.7. The number of nitrogens with zero attached hydrogens (tertiary/aromatic N) is 1. The molecule has 100 valence electrons. The first-order valence-corrected chi connectivity index (χ1v) is 6.96. The zero-order chi connectivity index (χ0) is 13.8. The number of hydrogen-bond acceptors (Lipinski definition) is 4. The molecular weight excluding hydrogens is 260 g/mol. The van der Waals surface area contributed by atoms with E-state index in [0.29, 0.717) is 6.54 Å². The molecular formula is C14H16N2O2S. The lowest BCUT2D eigenvalue weighted by Crippen LogP contribution is -2.18. The first-order valence-electron chi connectivity index (χ1n) is 6.08. The van der Waals surface area contributed by atoms with Gasteiger partial charge < -0.3 is 5.32 Å². The van der Waals surface area contributed by atoms with Crippen molar-refractivity contribution in [1.29, 1.82) is 0 Å². The fourth-order valence-electron chi connectivity index (χ4n) is 2.00. The standard InChI is InChI=1S/C14H16N2O2S/c1-10-5-3-4-6-13(10)11(2)15-8-12-7-14(16(17)18)19-9-12/h3-7,9,11,15H,8H2,1-2H3/t11-/m0/s1. The molecule has 0 unspecified atom stereocenters. The smallest absolute Gasteiger partial charge is 0.306 e. The maximum Gasteiger partial charge on any atom is 0.324 e. The van der Waals surface area contributed by atoms with Crippen molar-refractivity contribution >= 4 is 16.3 Å². The van der Waals surface area contributed by atoms with Crippen molar-refractivity contribution in [1.82, 2.24) is 5.32 Å². The molecule has 1 heterocycles. The molecule has 0 aliphatic carbocycles. The van der Waals surface area contributed by atoms with Gasteiger partial charge in [-0.2, -0.15) is 0 Å². The summed E-state index contributed by atoms with van der Waals surface area (Å²) >= 11 is 1.17. The van der Waals surface area contributed by atoms with Crippen molar-refractivity contribution in [3.05, 3.63) is 62.5 Å². The third-order valence-corrected chi connectivity index (χ3v) is 4.02. The molecule has 0 aliphatic rings. The van der Waals surface area contributed by atoms with Crippen molar-refractivity contribution in [3.63, 3.8) is 0 Å². The van der Waals surface area contributed by atoms with Gasteiger partial charge >= 0.3 is 5.00 Å². The summed E-state index contributed by atoms with van der Waals surface area (Å²) in [5, 5.41) is 16.0. The van der Waals surface area contributed by atoms with Gasteiger partial charge in [0.05, 0.1) is 4.92 Å². The Morgan fingerprint density at radius 3 is 2.79 bits per heavy atom. The lowest BCUT2D eigenvalue weighted by atomic mass is 10.0. The Labute approximate surface area is 116 Å². The summed E-state index contributed by atoms with van der Waals surface area (Å²) in [6, 6.07) is 10.1. The number of nitro groups is 1. The monoisotopic (exact) mass is 276 g/mol. The predicted octanol–water partition coefficient (Wildman–Crippen LogP) is 3.82. The van der Waals surface area contributed by atoms with Gasteiger partial charge in [-0.05, 0) is 30.5 Å². The number of thiophene rings is 1. The Bertz CT molecular complexity index is 580. The molecule has 1 aromatic carbocycles. The molecule has 2 rings (SSSR count). The van der Waals surface area contributed by atoms with Crippen LogP contribution in [0.4, 0.5) is 5.00 Å². The summed E-state index contributed by atoms with van der Waals surface area (Å²) in [5.41, 5.74) is 3.46. The van der Waals surface area contributed by atoms with Crippen LogP contribution in [0, 0.1) is 17.0 Å². The van der Waals surface area contributed by atoms with Crippen molar-refractivity contribution in [2.75, 3.05) is 0 Å². The number of nitrogens with one attached hydrogen (secondary N) is 1. The molecule has 0 aliphatic heterocycles. The summed E-state index contributed by atoms with van der Waals surface area (Å²) in [7, 11) is 0. The van der Waals surface area contributed by atoms with E-state index in [2.05, 4.69) is 31.3 Å². The zero-order valence-electron chi connectivity index (χ0n) is 10.9. The van der Waals surface area contributed by atoms with E-state index in [-0.39, 0.29) is 16.0 Å². The van der Waals surface area contributed by atoms with Crippen LogP contribution in [0.2, 0.25) is 0 Å². The topological polar surface area (TPSA) is 55.2 Å². The van der Waals surface area contributed by atoms with Crippen molar-refractivity contribution in [3.8, 4) is 0 Å². The van der Waals surface area contributed by atoms with Gasteiger partial charge in [0.1, 0.15) is 0 Å².